The molecule has 1 aromatic heterocycles. The first-order chi connectivity index (χ1) is 5.11. The topological polar surface area (TPSA) is 102 Å². The molecule has 1 heterocycles. The summed E-state index contributed by atoms with van der Waals surface area (Å²) in [6.07, 6.45) is 1.44. The average Bonchev–Trinajstić information content (AvgIpc) is 1.85. The molecule has 0 spiro atoms. The van der Waals surface area contributed by atoms with Crippen LogP contribution in [0.1, 0.15) is 11.4 Å². The third-order valence-corrected chi connectivity index (χ3v) is 1.23. The number of amidine groups is 1. The molecule has 0 aromatic carbocycles. The van der Waals surface area contributed by atoms with Crippen LogP contribution in [-0.2, 0) is 0 Å². The Morgan fingerprint density at radius 3 is 2.73 bits per heavy atom. The van der Waals surface area contributed by atoms with Crippen LogP contribution in [0.2, 0.25) is 0 Å². The lowest BCUT2D eigenvalue weighted by atomic mass is 10.3. The highest BCUT2D eigenvalue weighted by Gasteiger charge is 2.03. The van der Waals surface area contributed by atoms with E-state index in [1.54, 1.807) is 6.92 Å². The summed E-state index contributed by atoms with van der Waals surface area (Å²) < 4.78 is 0. The molecule has 0 fully saturated rings. The molecule has 0 aliphatic heterocycles. The van der Waals surface area contributed by atoms with E-state index in [2.05, 4.69) is 9.97 Å². The number of nitrogens with one attached hydrogen (secondary N) is 1. The number of nitrogens with zero attached hydrogens (tertiary/aromatic N) is 2. The standard InChI is InChI=1S/C6H9N5/c1-3-10-2-4(5(7)8)6(9)11-3/h2H,1H3,(H3,7,8)(H2,9,10,11). The number of nitrogen functional groups attached to an aromatic ring is 2. The fourth-order valence-electron chi connectivity index (χ4n) is 0.695. The number of hydrogen-bond acceptors (Lipinski definition) is 4. The molecule has 5 heteroatoms. The summed E-state index contributed by atoms with van der Waals surface area (Å²) in [5.41, 5.74) is 11.0. The summed E-state index contributed by atoms with van der Waals surface area (Å²) in [5.74, 6) is 0.722. The first kappa shape index (κ1) is 7.46. The molecule has 1 rings (SSSR count). The van der Waals surface area contributed by atoms with Gasteiger partial charge in [0.25, 0.3) is 0 Å². The van der Waals surface area contributed by atoms with Crippen molar-refractivity contribution in [3.8, 4) is 0 Å². The van der Waals surface area contributed by atoms with Crippen molar-refractivity contribution in [2.45, 2.75) is 6.92 Å². The van der Waals surface area contributed by atoms with Crippen molar-refractivity contribution in [3.63, 3.8) is 0 Å². The summed E-state index contributed by atoms with van der Waals surface area (Å²) in [6, 6.07) is 0. The summed E-state index contributed by atoms with van der Waals surface area (Å²) in [4.78, 5) is 7.69. The van der Waals surface area contributed by atoms with Crippen LogP contribution < -0.4 is 11.5 Å². The quantitative estimate of drug-likeness (QED) is 0.377. The Morgan fingerprint density at radius 2 is 2.27 bits per heavy atom. The lowest BCUT2D eigenvalue weighted by Crippen LogP contribution is -2.15. The minimum atomic E-state index is -0.109. The predicted molar refractivity (Wildman–Crippen MR) is 42.2 cm³/mol. The fourth-order valence-corrected chi connectivity index (χ4v) is 0.695. The Hall–Kier alpha value is -1.65. The third-order valence-electron chi connectivity index (χ3n) is 1.23. The predicted octanol–water partition coefficient (Wildman–Crippen LogP) is -0.349. The molecule has 0 radical (unpaired) electrons. The van der Waals surface area contributed by atoms with Gasteiger partial charge < -0.3 is 11.5 Å². The minimum Gasteiger partial charge on any atom is -0.384 e. The van der Waals surface area contributed by atoms with Crippen LogP contribution in [0.25, 0.3) is 0 Å². The summed E-state index contributed by atoms with van der Waals surface area (Å²) >= 11 is 0. The van der Waals surface area contributed by atoms with Crippen molar-refractivity contribution in [3.05, 3.63) is 17.6 Å². The summed E-state index contributed by atoms with van der Waals surface area (Å²) in [7, 11) is 0. The van der Waals surface area contributed by atoms with Crippen molar-refractivity contribution in [2.75, 3.05) is 5.73 Å². The van der Waals surface area contributed by atoms with E-state index in [1.807, 2.05) is 0 Å². The molecule has 0 aliphatic carbocycles. The van der Waals surface area contributed by atoms with E-state index in [0.29, 0.717) is 11.4 Å². The van der Waals surface area contributed by atoms with Gasteiger partial charge in [0.1, 0.15) is 17.5 Å². The van der Waals surface area contributed by atoms with E-state index in [4.69, 9.17) is 16.9 Å². The van der Waals surface area contributed by atoms with Crippen LogP contribution in [0.5, 0.6) is 0 Å². The molecular formula is C6H9N5. The molecule has 0 aliphatic rings. The Labute approximate surface area is 64.0 Å². The smallest absolute Gasteiger partial charge is 0.138 e. The van der Waals surface area contributed by atoms with E-state index >= 15 is 0 Å². The van der Waals surface area contributed by atoms with Gasteiger partial charge in [-0.05, 0) is 6.92 Å². The van der Waals surface area contributed by atoms with Gasteiger partial charge in [-0.3, -0.25) is 5.41 Å². The van der Waals surface area contributed by atoms with Gasteiger partial charge in [-0.2, -0.15) is 0 Å². The molecule has 0 amide bonds. The Balaban J connectivity index is 3.20. The van der Waals surface area contributed by atoms with Crippen LogP contribution in [-0.4, -0.2) is 15.8 Å². The van der Waals surface area contributed by atoms with E-state index in [-0.39, 0.29) is 11.7 Å². The molecule has 1 aromatic rings. The van der Waals surface area contributed by atoms with Crippen LogP contribution >= 0.6 is 0 Å². The minimum absolute atomic E-state index is 0.109. The van der Waals surface area contributed by atoms with Crippen molar-refractivity contribution >= 4 is 11.7 Å². The first-order valence-electron chi connectivity index (χ1n) is 3.05. The average molecular weight is 151 g/mol. The van der Waals surface area contributed by atoms with Gasteiger partial charge in [0, 0.05) is 6.20 Å². The highest BCUT2D eigenvalue weighted by molar-refractivity contribution is 5.98. The lowest BCUT2D eigenvalue weighted by Gasteiger charge is -2.01. The maximum Gasteiger partial charge on any atom is 0.138 e. The summed E-state index contributed by atoms with van der Waals surface area (Å²) in [5, 5.41) is 7.06. The first-order valence-corrected chi connectivity index (χ1v) is 3.05. The van der Waals surface area contributed by atoms with Gasteiger partial charge in [-0.25, -0.2) is 9.97 Å². The van der Waals surface area contributed by atoms with E-state index in [1.165, 1.54) is 6.20 Å². The molecule has 0 unspecified atom stereocenters. The van der Waals surface area contributed by atoms with Crippen LogP contribution in [0.4, 0.5) is 5.82 Å². The Bertz CT molecular complexity index is 293. The van der Waals surface area contributed by atoms with Gasteiger partial charge in [-0.15, -0.1) is 0 Å². The number of aryl methyl sites for hydroxylation is 1. The van der Waals surface area contributed by atoms with Gasteiger partial charge in [0.05, 0.1) is 5.56 Å². The molecular weight excluding hydrogens is 142 g/mol. The molecule has 0 saturated carbocycles. The number of hydrogen-bond donors (Lipinski definition) is 3. The molecule has 5 N–H and O–H groups in total. The molecule has 58 valence electrons. The number of aromatic nitrogens is 2. The molecule has 5 nitrogen and oxygen atoms in total. The monoisotopic (exact) mass is 151 g/mol. The van der Waals surface area contributed by atoms with Crippen LogP contribution in [0, 0.1) is 12.3 Å². The van der Waals surface area contributed by atoms with Crippen molar-refractivity contribution in [2.24, 2.45) is 5.73 Å². The molecule has 0 saturated heterocycles. The van der Waals surface area contributed by atoms with Crippen molar-refractivity contribution in [1.29, 1.82) is 5.41 Å². The number of anilines is 1. The molecule has 0 atom stereocenters. The Kier molecular flexibility index (Phi) is 1.72. The van der Waals surface area contributed by atoms with Gasteiger partial charge in [0.15, 0.2) is 0 Å². The zero-order valence-electron chi connectivity index (χ0n) is 6.13. The van der Waals surface area contributed by atoms with E-state index < -0.39 is 0 Å². The zero-order chi connectivity index (χ0) is 8.43. The van der Waals surface area contributed by atoms with Gasteiger partial charge in [0.2, 0.25) is 0 Å². The third kappa shape index (κ3) is 1.43. The van der Waals surface area contributed by atoms with Crippen molar-refractivity contribution < 1.29 is 0 Å². The second-order valence-corrected chi connectivity index (χ2v) is 2.13. The second kappa shape index (κ2) is 2.53. The maximum atomic E-state index is 7.06. The SMILES string of the molecule is Cc1ncc(C(=N)N)c(N)n1. The van der Waals surface area contributed by atoms with Gasteiger partial charge in [-0.1, -0.05) is 0 Å². The summed E-state index contributed by atoms with van der Waals surface area (Å²) in [6.45, 7) is 1.72. The number of nitrogens with two attached hydrogens (primary N) is 2. The highest BCUT2D eigenvalue weighted by atomic mass is 14.9. The number of rotatable bonds is 1. The highest BCUT2D eigenvalue weighted by Crippen LogP contribution is 2.04. The van der Waals surface area contributed by atoms with Crippen LogP contribution in [0.3, 0.4) is 0 Å². The maximum absolute atomic E-state index is 7.06. The molecule has 11 heavy (non-hydrogen) atoms. The largest absolute Gasteiger partial charge is 0.384 e. The second-order valence-electron chi connectivity index (χ2n) is 2.13. The van der Waals surface area contributed by atoms with Crippen molar-refractivity contribution in [1.82, 2.24) is 9.97 Å². The van der Waals surface area contributed by atoms with E-state index in [9.17, 15) is 0 Å². The lowest BCUT2D eigenvalue weighted by molar-refractivity contribution is 1.05. The Morgan fingerprint density at radius 1 is 1.64 bits per heavy atom. The fraction of sp³-hybridized carbons (Fsp3) is 0.167. The normalized spacial score (nSPS) is 9.55. The zero-order valence-corrected chi connectivity index (χ0v) is 6.13. The molecule has 0 bridgehead atoms. The van der Waals surface area contributed by atoms with Gasteiger partial charge >= 0.3 is 0 Å². The van der Waals surface area contributed by atoms with E-state index in [0.717, 1.165) is 0 Å². The van der Waals surface area contributed by atoms with Crippen LogP contribution in [0.15, 0.2) is 6.20 Å².